The zero-order chi connectivity index (χ0) is 10.4. The SMILES string of the molecule is N[C@@H]1c2c(ccc3ccccc23)C[C@@H]1O. The molecule has 1 aliphatic rings. The minimum absolute atomic E-state index is 0.230. The van der Waals surface area contributed by atoms with E-state index in [4.69, 9.17) is 5.73 Å². The van der Waals surface area contributed by atoms with E-state index >= 15 is 0 Å². The summed E-state index contributed by atoms with van der Waals surface area (Å²) >= 11 is 0. The zero-order valence-electron chi connectivity index (χ0n) is 8.35. The number of hydrogen-bond acceptors (Lipinski definition) is 2. The van der Waals surface area contributed by atoms with Crippen LogP contribution < -0.4 is 5.73 Å². The number of benzene rings is 2. The maximum Gasteiger partial charge on any atom is 0.0773 e. The minimum Gasteiger partial charge on any atom is -0.391 e. The summed E-state index contributed by atoms with van der Waals surface area (Å²) in [6.07, 6.45) is 0.257. The molecule has 2 nitrogen and oxygen atoms in total. The highest BCUT2D eigenvalue weighted by Crippen LogP contribution is 2.35. The number of nitrogens with two attached hydrogens (primary N) is 1. The molecule has 2 heteroatoms. The van der Waals surface area contributed by atoms with Crippen LogP contribution in [0.2, 0.25) is 0 Å². The first-order valence-corrected chi connectivity index (χ1v) is 5.21. The third kappa shape index (κ3) is 1.19. The molecule has 3 rings (SSSR count). The van der Waals surface area contributed by atoms with Crippen molar-refractivity contribution in [1.82, 2.24) is 0 Å². The Hall–Kier alpha value is -1.38. The average Bonchev–Trinajstić information content (AvgIpc) is 2.55. The maximum atomic E-state index is 9.75. The summed E-state index contributed by atoms with van der Waals surface area (Å²) in [6, 6.07) is 12.1. The first-order chi connectivity index (χ1) is 7.27. The molecule has 0 aromatic heterocycles. The first-order valence-electron chi connectivity index (χ1n) is 5.21. The lowest BCUT2D eigenvalue weighted by Gasteiger charge is -2.11. The Morgan fingerprint density at radius 1 is 1.13 bits per heavy atom. The van der Waals surface area contributed by atoms with Gasteiger partial charge in [-0.15, -0.1) is 0 Å². The van der Waals surface area contributed by atoms with Crippen molar-refractivity contribution in [3.05, 3.63) is 47.5 Å². The number of rotatable bonds is 0. The van der Waals surface area contributed by atoms with Gasteiger partial charge in [0.25, 0.3) is 0 Å². The van der Waals surface area contributed by atoms with E-state index < -0.39 is 6.10 Å². The van der Waals surface area contributed by atoms with E-state index in [0.29, 0.717) is 6.42 Å². The van der Waals surface area contributed by atoms with Gasteiger partial charge >= 0.3 is 0 Å². The number of hydrogen-bond donors (Lipinski definition) is 2. The number of fused-ring (bicyclic) bond motifs is 3. The fourth-order valence-electron chi connectivity index (χ4n) is 2.46. The molecule has 2 aromatic carbocycles. The van der Waals surface area contributed by atoms with Gasteiger partial charge in [-0.2, -0.15) is 0 Å². The van der Waals surface area contributed by atoms with Gasteiger partial charge in [0.15, 0.2) is 0 Å². The molecule has 0 fully saturated rings. The van der Waals surface area contributed by atoms with Gasteiger partial charge in [-0.1, -0.05) is 36.4 Å². The molecule has 0 saturated heterocycles. The summed E-state index contributed by atoms with van der Waals surface area (Å²) in [6.45, 7) is 0. The summed E-state index contributed by atoms with van der Waals surface area (Å²) < 4.78 is 0. The minimum atomic E-state index is -0.425. The van der Waals surface area contributed by atoms with Crippen LogP contribution in [-0.4, -0.2) is 11.2 Å². The van der Waals surface area contributed by atoms with Crippen molar-refractivity contribution >= 4 is 10.8 Å². The van der Waals surface area contributed by atoms with Crippen molar-refractivity contribution < 1.29 is 5.11 Å². The molecule has 0 amide bonds. The van der Waals surface area contributed by atoms with Crippen LogP contribution in [0.3, 0.4) is 0 Å². The van der Waals surface area contributed by atoms with Crippen molar-refractivity contribution in [1.29, 1.82) is 0 Å². The van der Waals surface area contributed by atoms with Gasteiger partial charge < -0.3 is 10.8 Å². The molecule has 1 aliphatic carbocycles. The van der Waals surface area contributed by atoms with Crippen LogP contribution in [0, 0.1) is 0 Å². The van der Waals surface area contributed by atoms with Crippen molar-refractivity contribution in [2.24, 2.45) is 5.73 Å². The summed E-state index contributed by atoms with van der Waals surface area (Å²) in [5.74, 6) is 0. The van der Waals surface area contributed by atoms with E-state index in [1.165, 1.54) is 16.3 Å². The van der Waals surface area contributed by atoms with E-state index in [1.54, 1.807) is 0 Å². The molecule has 2 atom stereocenters. The number of aliphatic hydroxyl groups excluding tert-OH is 1. The van der Waals surface area contributed by atoms with Gasteiger partial charge in [-0.25, -0.2) is 0 Å². The lowest BCUT2D eigenvalue weighted by atomic mass is 9.99. The fourth-order valence-corrected chi connectivity index (χ4v) is 2.46. The van der Waals surface area contributed by atoms with Gasteiger partial charge in [0.1, 0.15) is 0 Å². The molecule has 0 radical (unpaired) electrons. The van der Waals surface area contributed by atoms with Gasteiger partial charge in [0, 0.05) is 6.42 Å². The fraction of sp³-hybridized carbons (Fsp3) is 0.231. The Bertz CT molecular complexity index is 521. The topological polar surface area (TPSA) is 46.2 Å². The van der Waals surface area contributed by atoms with Crippen LogP contribution in [-0.2, 0) is 6.42 Å². The second-order valence-corrected chi connectivity index (χ2v) is 4.16. The Labute approximate surface area is 88.3 Å². The van der Waals surface area contributed by atoms with Gasteiger partial charge in [0.05, 0.1) is 12.1 Å². The molecule has 0 aliphatic heterocycles. The summed E-state index contributed by atoms with van der Waals surface area (Å²) in [5.41, 5.74) is 8.32. The van der Waals surface area contributed by atoms with Crippen LogP contribution in [0.4, 0.5) is 0 Å². The predicted octanol–water partition coefficient (Wildman–Crippen LogP) is 1.76. The Morgan fingerprint density at radius 2 is 1.93 bits per heavy atom. The van der Waals surface area contributed by atoms with E-state index in [2.05, 4.69) is 24.3 Å². The summed E-state index contributed by atoms with van der Waals surface area (Å²) in [7, 11) is 0. The molecular formula is C13H13NO. The molecule has 76 valence electrons. The van der Waals surface area contributed by atoms with Crippen LogP contribution in [0.1, 0.15) is 17.2 Å². The predicted molar refractivity (Wildman–Crippen MR) is 60.6 cm³/mol. The molecular weight excluding hydrogens is 186 g/mol. The molecule has 0 heterocycles. The lowest BCUT2D eigenvalue weighted by Crippen LogP contribution is -2.21. The van der Waals surface area contributed by atoms with Crippen LogP contribution >= 0.6 is 0 Å². The second-order valence-electron chi connectivity index (χ2n) is 4.16. The van der Waals surface area contributed by atoms with Crippen LogP contribution in [0.25, 0.3) is 10.8 Å². The van der Waals surface area contributed by atoms with E-state index in [9.17, 15) is 5.11 Å². The van der Waals surface area contributed by atoms with Gasteiger partial charge in [-0.05, 0) is 21.9 Å². The van der Waals surface area contributed by atoms with Gasteiger partial charge in [-0.3, -0.25) is 0 Å². The number of aliphatic hydroxyl groups is 1. The van der Waals surface area contributed by atoms with Crippen molar-refractivity contribution in [3.63, 3.8) is 0 Å². The molecule has 0 spiro atoms. The molecule has 0 bridgehead atoms. The van der Waals surface area contributed by atoms with E-state index in [-0.39, 0.29) is 6.04 Å². The normalized spacial score (nSPS) is 24.4. The monoisotopic (exact) mass is 199 g/mol. The highest BCUT2D eigenvalue weighted by molar-refractivity contribution is 5.87. The van der Waals surface area contributed by atoms with Crippen molar-refractivity contribution in [2.75, 3.05) is 0 Å². The Morgan fingerprint density at radius 3 is 2.80 bits per heavy atom. The highest BCUT2D eigenvalue weighted by Gasteiger charge is 2.29. The Kier molecular flexibility index (Phi) is 1.81. The average molecular weight is 199 g/mol. The highest BCUT2D eigenvalue weighted by atomic mass is 16.3. The standard InChI is InChI=1S/C13H13NO/c14-13-11(15)7-9-6-5-8-3-1-2-4-10(8)12(9)13/h1-6,11,13,15H,7,14H2/t11-,13-/m0/s1. The lowest BCUT2D eigenvalue weighted by molar-refractivity contribution is 0.159. The molecule has 0 saturated carbocycles. The molecule has 0 unspecified atom stereocenters. The van der Waals surface area contributed by atoms with E-state index in [1.807, 2.05) is 12.1 Å². The second kappa shape index (κ2) is 3.05. The largest absolute Gasteiger partial charge is 0.391 e. The van der Waals surface area contributed by atoms with Crippen molar-refractivity contribution in [2.45, 2.75) is 18.6 Å². The van der Waals surface area contributed by atoms with Crippen LogP contribution in [0.5, 0.6) is 0 Å². The van der Waals surface area contributed by atoms with E-state index in [0.717, 1.165) is 5.56 Å². The maximum absolute atomic E-state index is 9.75. The quantitative estimate of drug-likeness (QED) is 0.679. The van der Waals surface area contributed by atoms with Gasteiger partial charge in [0.2, 0.25) is 0 Å². The summed E-state index contributed by atoms with van der Waals surface area (Å²) in [5, 5.41) is 12.1. The molecule has 2 aromatic rings. The molecule has 3 N–H and O–H groups in total. The summed E-state index contributed by atoms with van der Waals surface area (Å²) in [4.78, 5) is 0. The first kappa shape index (κ1) is 8.89. The third-order valence-corrected chi connectivity index (χ3v) is 3.24. The smallest absolute Gasteiger partial charge is 0.0773 e. The zero-order valence-corrected chi connectivity index (χ0v) is 8.35. The van der Waals surface area contributed by atoms with Crippen molar-refractivity contribution in [3.8, 4) is 0 Å². The third-order valence-electron chi connectivity index (χ3n) is 3.24. The molecule has 15 heavy (non-hydrogen) atoms. The Balaban J connectivity index is 2.35. The van der Waals surface area contributed by atoms with Crippen LogP contribution in [0.15, 0.2) is 36.4 Å².